The van der Waals surface area contributed by atoms with Crippen LogP contribution in [0, 0.1) is 0 Å². The quantitative estimate of drug-likeness (QED) is 0.540. The molecule has 0 aliphatic rings. The predicted octanol–water partition coefficient (Wildman–Crippen LogP) is -0.904. The Balaban J connectivity index is 3.49. The third kappa shape index (κ3) is 3.42. The first-order valence-corrected chi connectivity index (χ1v) is 3.24. The highest BCUT2D eigenvalue weighted by atomic mass is 16.5. The van der Waals surface area contributed by atoms with Gasteiger partial charge in [-0.1, -0.05) is 0 Å². The smallest absolute Gasteiger partial charge is 0.239 e. The third-order valence-electron chi connectivity index (χ3n) is 1.03. The molecule has 10 heavy (non-hydrogen) atoms. The third-order valence-corrected chi connectivity index (χ3v) is 1.03. The van der Waals surface area contributed by atoms with Crippen molar-refractivity contribution >= 4 is 5.91 Å². The Morgan fingerprint density at radius 2 is 2.40 bits per heavy atom. The van der Waals surface area contributed by atoms with Gasteiger partial charge in [0.25, 0.3) is 0 Å². The molecule has 0 radical (unpaired) electrons. The lowest BCUT2D eigenvalue weighted by Crippen LogP contribution is -2.43. The van der Waals surface area contributed by atoms with E-state index in [2.05, 4.69) is 10.1 Å². The molecule has 60 valence electrons. The second kappa shape index (κ2) is 5.20. The summed E-state index contributed by atoms with van der Waals surface area (Å²) in [4.78, 5) is 10.8. The number of hydrogen-bond donors (Lipinski definition) is 2. The zero-order valence-electron chi connectivity index (χ0n) is 6.39. The number of nitrogens with two attached hydrogens (primary N) is 1. The average Bonchev–Trinajstić information content (AvgIpc) is 1.89. The van der Waals surface area contributed by atoms with Crippen molar-refractivity contribution in [3.8, 4) is 0 Å². The molecule has 0 aliphatic carbocycles. The maximum absolute atomic E-state index is 10.8. The molecule has 0 aromatic rings. The van der Waals surface area contributed by atoms with E-state index in [1.165, 1.54) is 7.11 Å². The highest BCUT2D eigenvalue weighted by molar-refractivity contribution is 5.81. The normalized spacial score (nSPS) is 12.7. The minimum Gasteiger partial charge on any atom is -0.383 e. The van der Waals surface area contributed by atoms with E-state index in [0.717, 1.165) is 0 Å². The summed E-state index contributed by atoms with van der Waals surface area (Å²) in [5.41, 5.74) is 5.38. The van der Waals surface area contributed by atoms with Crippen molar-refractivity contribution in [1.82, 2.24) is 5.32 Å². The first-order chi connectivity index (χ1) is 4.72. The van der Waals surface area contributed by atoms with Crippen molar-refractivity contribution in [3.05, 3.63) is 0 Å². The van der Waals surface area contributed by atoms with Crippen molar-refractivity contribution in [2.24, 2.45) is 5.73 Å². The summed E-state index contributed by atoms with van der Waals surface area (Å²) in [7, 11) is 1.51. The van der Waals surface area contributed by atoms with Gasteiger partial charge < -0.3 is 15.8 Å². The molecule has 0 aromatic heterocycles. The van der Waals surface area contributed by atoms with Gasteiger partial charge in [0.1, 0.15) is 6.04 Å². The number of amides is 1. The number of methoxy groups -OCH3 is 1. The molecule has 0 aliphatic heterocycles. The van der Waals surface area contributed by atoms with Crippen LogP contribution in [0.5, 0.6) is 0 Å². The Kier molecular flexibility index (Phi) is 4.88. The lowest BCUT2D eigenvalue weighted by Gasteiger charge is -2.08. The minimum absolute atomic E-state index is 0.163. The summed E-state index contributed by atoms with van der Waals surface area (Å²) < 4.78 is 4.69. The second-order valence-corrected chi connectivity index (χ2v) is 1.96. The molecule has 3 N–H and O–H groups in total. The Morgan fingerprint density at radius 1 is 1.80 bits per heavy atom. The topological polar surface area (TPSA) is 64.4 Å². The van der Waals surface area contributed by atoms with E-state index >= 15 is 0 Å². The van der Waals surface area contributed by atoms with Crippen LogP contribution in [0.4, 0.5) is 0 Å². The molecule has 1 atom stereocenters. The number of likely N-dealkylation sites (N-methyl/N-ethyl adjacent to an activating group) is 1. The monoisotopic (exact) mass is 146 g/mol. The second-order valence-electron chi connectivity index (χ2n) is 1.96. The van der Waals surface area contributed by atoms with Crippen LogP contribution in [0.15, 0.2) is 0 Å². The molecule has 0 bridgehead atoms. The van der Waals surface area contributed by atoms with E-state index in [0.29, 0.717) is 6.54 Å². The molecule has 1 amide bonds. The van der Waals surface area contributed by atoms with Crippen LogP contribution < -0.4 is 11.1 Å². The van der Waals surface area contributed by atoms with Crippen LogP contribution in [-0.2, 0) is 9.53 Å². The molecule has 0 saturated carbocycles. The van der Waals surface area contributed by atoms with Gasteiger partial charge in [0, 0.05) is 13.7 Å². The Morgan fingerprint density at radius 3 is 2.80 bits per heavy atom. The van der Waals surface area contributed by atoms with Crippen molar-refractivity contribution in [1.29, 1.82) is 0 Å². The molecule has 0 heterocycles. The van der Waals surface area contributed by atoms with Crippen LogP contribution in [-0.4, -0.2) is 32.2 Å². The van der Waals surface area contributed by atoms with Crippen molar-refractivity contribution in [2.45, 2.75) is 13.0 Å². The number of carbonyl (C=O) groups excluding carboxylic acids is 1. The molecule has 4 nitrogen and oxygen atoms in total. The van der Waals surface area contributed by atoms with Gasteiger partial charge in [-0.25, -0.2) is 0 Å². The van der Waals surface area contributed by atoms with Crippen LogP contribution in [0.3, 0.4) is 0 Å². The van der Waals surface area contributed by atoms with Gasteiger partial charge in [0.15, 0.2) is 0 Å². The fourth-order valence-electron chi connectivity index (χ4n) is 0.561. The number of rotatable bonds is 4. The SMILES string of the molecule is CCNC(=O)[C@@H](N)COC. The van der Waals surface area contributed by atoms with E-state index in [1.54, 1.807) is 0 Å². The molecule has 0 unspecified atom stereocenters. The summed E-state index contributed by atoms with van der Waals surface area (Å²) in [6, 6.07) is -0.537. The van der Waals surface area contributed by atoms with Gasteiger partial charge in [0.05, 0.1) is 6.61 Å². The Labute approximate surface area is 60.7 Å². The van der Waals surface area contributed by atoms with Crippen LogP contribution >= 0.6 is 0 Å². The summed E-state index contributed by atoms with van der Waals surface area (Å²) >= 11 is 0. The van der Waals surface area contributed by atoms with Crippen LogP contribution in [0.1, 0.15) is 6.92 Å². The number of nitrogens with one attached hydrogen (secondary N) is 1. The van der Waals surface area contributed by atoms with Gasteiger partial charge in [-0.2, -0.15) is 0 Å². The van der Waals surface area contributed by atoms with Gasteiger partial charge in [-0.3, -0.25) is 4.79 Å². The Bertz CT molecular complexity index is 106. The maximum Gasteiger partial charge on any atom is 0.239 e. The van der Waals surface area contributed by atoms with E-state index in [9.17, 15) is 4.79 Å². The number of ether oxygens (including phenoxy) is 1. The van der Waals surface area contributed by atoms with E-state index in [-0.39, 0.29) is 12.5 Å². The first kappa shape index (κ1) is 9.39. The van der Waals surface area contributed by atoms with Gasteiger partial charge in [-0.05, 0) is 6.92 Å². The lowest BCUT2D eigenvalue weighted by molar-refractivity contribution is -0.123. The summed E-state index contributed by atoms with van der Waals surface area (Å²) in [5, 5.41) is 2.59. The Hall–Kier alpha value is -0.610. The van der Waals surface area contributed by atoms with Crippen LogP contribution in [0.2, 0.25) is 0 Å². The lowest BCUT2D eigenvalue weighted by atomic mass is 10.3. The minimum atomic E-state index is -0.537. The van der Waals surface area contributed by atoms with Gasteiger partial charge in [-0.15, -0.1) is 0 Å². The summed E-state index contributed by atoms with van der Waals surface area (Å²) in [6.45, 7) is 2.72. The predicted molar refractivity (Wildman–Crippen MR) is 38.5 cm³/mol. The molecule has 0 rings (SSSR count). The van der Waals surface area contributed by atoms with Crippen molar-refractivity contribution in [2.75, 3.05) is 20.3 Å². The van der Waals surface area contributed by atoms with Gasteiger partial charge >= 0.3 is 0 Å². The molecule has 0 spiro atoms. The molecule has 0 saturated heterocycles. The van der Waals surface area contributed by atoms with Crippen molar-refractivity contribution < 1.29 is 9.53 Å². The highest BCUT2D eigenvalue weighted by Crippen LogP contribution is 1.78. The zero-order chi connectivity index (χ0) is 7.98. The van der Waals surface area contributed by atoms with Crippen LogP contribution in [0.25, 0.3) is 0 Å². The highest BCUT2D eigenvalue weighted by Gasteiger charge is 2.10. The molecular formula is C6H14N2O2. The number of hydrogen-bond acceptors (Lipinski definition) is 3. The summed E-state index contributed by atoms with van der Waals surface area (Å²) in [6.07, 6.45) is 0. The molecular weight excluding hydrogens is 132 g/mol. The van der Waals surface area contributed by atoms with Crippen molar-refractivity contribution in [3.63, 3.8) is 0 Å². The van der Waals surface area contributed by atoms with E-state index in [1.807, 2.05) is 6.92 Å². The zero-order valence-corrected chi connectivity index (χ0v) is 6.39. The number of carbonyl (C=O) groups is 1. The molecule has 0 fully saturated rings. The van der Waals surface area contributed by atoms with Gasteiger partial charge in [0.2, 0.25) is 5.91 Å². The molecule has 0 aromatic carbocycles. The average molecular weight is 146 g/mol. The summed E-state index contributed by atoms with van der Waals surface area (Å²) in [5.74, 6) is -0.163. The first-order valence-electron chi connectivity index (χ1n) is 3.24. The van der Waals surface area contributed by atoms with E-state index < -0.39 is 6.04 Å². The maximum atomic E-state index is 10.8. The van der Waals surface area contributed by atoms with E-state index in [4.69, 9.17) is 5.73 Å². The standard InChI is InChI=1S/C6H14N2O2/c1-3-8-6(9)5(7)4-10-2/h5H,3-4,7H2,1-2H3,(H,8,9)/t5-/m0/s1. The molecule has 4 heteroatoms. The fourth-order valence-corrected chi connectivity index (χ4v) is 0.561. The largest absolute Gasteiger partial charge is 0.383 e. The fraction of sp³-hybridized carbons (Fsp3) is 0.833.